The summed E-state index contributed by atoms with van der Waals surface area (Å²) in [6, 6.07) is 10.6. The minimum atomic E-state index is -1.36. The van der Waals surface area contributed by atoms with E-state index in [0.717, 1.165) is 19.0 Å². The summed E-state index contributed by atoms with van der Waals surface area (Å²) in [5.74, 6) is -1.41. The standard InChI is InChI=1S/C26H25F2N5O3/c27-17-10-21(33(14-17)23(35)11-18-12-30-22(34)13-29-18)26(36)32-24(16-4-2-1-3-5-16)20-9-8-19(15-6-7-15)25(28)31-20/h1-5,8-9,12-13,15,17,21,24H,6-7,10-11,14H2,(H,30,34)(H,32,36)/t17-,21+,24+/m1/s1. The summed E-state index contributed by atoms with van der Waals surface area (Å²) in [4.78, 5) is 49.2. The highest BCUT2D eigenvalue weighted by Gasteiger charge is 2.40. The van der Waals surface area contributed by atoms with Crippen molar-refractivity contribution in [3.05, 3.63) is 93.7 Å². The molecule has 3 heterocycles. The van der Waals surface area contributed by atoms with Gasteiger partial charge in [0.15, 0.2) is 0 Å². The zero-order valence-electron chi connectivity index (χ0n) is 19.4. The van der Waals surface area contributed by atoms with Crippen LogP contribution in [0.3, 0.4) is 0 Å². The molecule has 2 aliphatic rings. The van der Waals surface area contributed by atoms with Crippen LogP contribution in [-0.2, 0) is 16.0 Å². The van der Waals surface area contributed by atoms with Crippen LogP contribution >= 0.6 is 0 Å². The quantitative estimate of drug-likeness (QED) is 0.492. The van der Waals surface area contributed by atoms with Crippen molar-refractivity contribution in [3.8, 4) is 0 Å². The van der Waals surface area contributed by atoms with Crippen LogP contribution in [-0.4, -0.2) is 50.4 Å². The Morgan fingerprint density at radius 3 is 2.61 bits per heavy atom. The largest absolute Gasteiger partial charge is 0.342 e. The van der Waals surface area contributed by atoms with Gasteiger partial charge in [-0.3, -0.25) is 19.4 Å². The van der Waals surface area contributed by atoms with Crippen LogP contribution in [0.15, 0.2) is 59.7 Å². The number of likely N-dealkylation sites (tertiary alicyclic amines) is 1. The van der Waals surface area contributed by atoms with E-state index in [9.17, 15) is 23.2 Å². The molecule has 186 valence electrons. The molecule has 3 aromatic rings. The maximum absolute atomic E-state index is 14.8. The van der Waals surface area contributed by atoms with Crippen LogP contribution in [0.2, 0.25) is 0 Å². The number of nitrogens with one attached hydrogen (secondary N) is 2. The highest BCUT2D eigenvalue weighted by atomic mass is 19.1. The van der Waals surface area contributed by atoms with Crippen molar-refractivity contribution in [2.75, 3.05) is 6.54 Å². The van der Waals surface area contributed by atoms with Crippen LogP contribution in [0.1, 0.15) is 53.7 Å². The van der Waals surface area contributed by atoms with E-state index in [1.54, 1.807) is 36.4 Å². The molecule has 0 bridgehead atoms. The molecule has 1 aromatic carbocycles. The Balaban J connectivity index is 1.37. The van der Waals surface area contributed by atoms with Gasteiger partial charge in [-0.05, 0) is 30.4 Å². The van der Waals surface area contributed by atoms with Crippen LogP contribution < -0.4 is 10.9 Å². The molecule has 0 unspecified atom stereocenters. The van der Waals surface area contributed by atoms with Crippen molar-refractivity contribution in [1.82, 2.24) is 25.2 Å². The van der Waals surface area contributed by atoms with Gasteiger partial charge in [-0.25, -0.2) is 9.37 Å². The fraction of sp³-hybridized carbons (Fsp3) is 0.346. The molecule has 2 aromatic heterocycles. The van der Waals surface area contributed by atoms with Gasteiger partial charge < -0.3 is 15.2 Å². The number of benzene rings is 1. The molecule has 1 aliphatic heterocycles. The molecule has 1 aliphatic carbocycles. The minimum absolute atomic E-state index is 0.152. The number of H-pyrrole nitrogens is 1. The molecular formula is C26H25F2N5O3. The van der Waals surface area contributed by atoms with Crippen molar-refractivity contribution in [2.45, 2.75) is 49.9 Å². The highest BCUT2D eigenvalue weighted by molar-refractivity contribution is 5.89. The van der Waals surface area contributed by atoms with E-state index in [1.165, 1.54) is 11.1 Å². The normalized spacial score (nSPS) is 20.2. The molecule has 5 rings (SSSR count). The lowest BCUT2D eigenvalue weighted by atomic mass is 10.0. The van der Waals surface area contributed by atoms with Gasteiger partial charge in [0, 0.05) is 18.2 Å². The Labute approximate surface area is 205 Å². The zero-order valence-corrected chi connectivity index (χ0v) is 19.4. The minimum Gasteiger partial charge on any atom is -0.342 e. The lowest BCUT2D eigenvalue weighted by Crippen LogP contribution is -2.47. The molecule has 1 saturated carbocycles. The smallest absolute Gasteiger partial charge is 0.266 e. The number of aromatic nitrogens is 3. The Hall–Kier alpha value is -3.95. The molecule has 1 saturated heterocycles. The van der Waals surface area contributed by atoms with E-state index >= 15 is 0 Å². The van der Waals surface area contributed by atoms with Crippen molar-refractivity contribution < 1.29 is 18.4 Å². The van der Waals surface area contributed by atoms with Gasteiger partial charge in [0.05, 0.1) is 36.6 Å². The number of hydrogen-bond acceptors (Lipinski definition) is 5. The summed E-state index contributed by atoms with van der Waals surface area (Å²) in [5.41, 5.74) is 1.47. The Morgan fingerprint density at radius 1 is 1.17 bits per heavy atom. The zero-order chi connectivity index (χ0) is 25.2. The molecule has 2 fully saturated rings. The number of pyridine rings is 1. The predicted molar refractivity (Wildman–Crippen MR) is 126 cm³/mol. The third kappa shape index (κ3) is 5.17. The Morgan fingerprint density at radius 2 is 1.94 bits per heavy atom. The molecule has 10 heteroatoms. The van der Waals surface area contributed by atoms with E-state index in [-0.39, 0.29) is 25.3 Å². The summed E-state index contributed by atoms with van der Waals surface area (Å²) in [6.07, 6.45) is 2.53. The van der Waals surface area contributed by atoms with Crippen LogP contribution in [0.25, 0.3) is 0 Å². The molecule has 3 atom stereocenters. The number of carbonyl (C=O) groups is 2. The van der Waals surface area contributed by atoms with E-state index in [0.29, 0.717) is 22.5 Å². The first kappa shape index (κ1) is 23.8. The number of halogens is 2. The third-order valence-corrected chi connectivity index (χ3v) is 6.57. The first-order chi connectivity index (χ1) is 17.4. The number of aromatic amines is 1. The fourth-order valence-corrected chi connectivity index (χ4v) is 4.56. The van der Waals surface area contributed by atoms with Crippen molar-refractivity contribution in [2.24, 2.45) is 0 Å². The second-order valence-electron chi connectivity index (χ2n) is 9.22. The summed E-state index contributed by atoms with van der Waals surface area (Å²) >= 11 is 0. The first-order valence-electron chi connectivity index (χ1n) is 11.9. The van der Waals surface area contributed by atoms with Gasteiger partial charge in [-0.1, -0.05) is 36.4 Å². The molecule has 36 heavy (non-hydrogen) atoms. The first-order valence-corrected chi connectivity index (χ1v) is 11.9. The summed E-state index contributed by atoms with van der Waals surface area (Å²) in [7, 11) is 0. The number of carbonyl (C=O) groups excluding carboxylic acids is 2. The van der Waals surface area contributed by atoms with Crippen LogP contribution in [0.4, 0.5) is 8.78 Å². The fourth-order valence-electron chi connectivity index (χ4n) is 4.56. The van der Waals surface area contributed by atoms with E-state index in [2.05, 4.69) is 20.3 Å². The molecule has 0 radical (unpaired) electrons. The van der Waals surface area contributed by atoms with Gasteiger partial charge in [-0.15, -0.1) is 0 Å². The molecule has 0 spiro atoms. The number of amides is 2. The molecular weight excluding hydrogens is 468 g/mol. The highest BCUT2D eigenvalue weighted by Crippen LogP contribution is 2.41. The van der Waals surface area contributed by atoms with Gasteiger partial charge in [0.25, 0.3) is 5.56 Å². The summed E-state index contributed by atoms with van der Waals surface area (Å²) in [5, 5.41) is 2.87. The van der Waals surface area contributed by atoms with Crippen LogP contribution in [0, 0.1) is 5.95 Å². The number of nitrogens with zero attached hydrogens (tertiary/aromatic N) is 3. The Kier molecular flexibility index (Phi) is 6.58. The third-order valence-electron chi connectivity index (χ3n) is 6.57. The lowest BCUT2D eigenvalue weighted by molar-refractivity contribution is -0.138. The number of alkyl halides is 1. The average Bonchev–Trinajstić information content (AvgIpc) is 3.64. The second kappa shape index (κ2) is 9.96. The topological polar surface area (TPSA) is 108 Å². The maximum atomic E-state index is 14.8. The number of hydrogen-bond donors (Lipinski definition) is 2. The number of rotatable bonds is 7. The monoisotopic (exact) mass is 493 g/mol. The van der Waals surface area contributed by atoms with E-state index in [1.807, 2.05) is 6.07 Å². The predicted octanol–water partition coefficient (Wildman–Crippen LogP) is 2.57. The lowest BCUT2D eigenvalue weighted by Gasteiger charge is -2.26. The van der Waals surface area contributed by atoms with Crippen molar-refractivity contribution in [1.29, 1.82) is 0 Å². The Bertz CT molecular complexity index is 1310. The average molecular weight is 494 g/mol. The SMILES string of the molecule is O=C(N[C@@H](c1ccccc1)c1ccc(C2CC2)c(F)n1)[C@@H]1C[C@@H](F)CN1C(=O)Cc1c[nH]c(=O)cn1. The second-order valence-corrected chi connectivity index (χ2v) is 9.22. The van der Waals surface area contributed by atoms with Gasteiger partial charge >= 0.3 is 0 Å². The molecule has 2 N–H and O–H groups in total. The van der Waals surface area contributed by atoms with Gasteiger partial charge in [0.1, 0.15) is 12.2 Å². The van der Waals surface area contributed by atoms with Crippen LogP contribution in [0.5, 0.6) is 0 Å². The van der Waals surface area contributed by atoms with E-state index in [4.69, 9.17) is 0 Å². The van der Waals surface area contributed by atoms with E-state index < -0.39 is 41.6 Å². The van der Waals surface area contributed by atoms with Crippen molar-refractivity contribution >= 4 is 11.8 Å². The molecule has 8 nitrogen and oxygen atoms in total. The van der Waals surface area contributed by atoms with Crippen molar-refractivity contribution in [3.63, 3.8) is 0 Å². The van der Waals surface area contributed by atoms with Gasteiger partial charge in [-0.2, -0.15) is 4.39 Å². The van der Waals surface area contributed by atoms with Gasteiger partial charge in [0.2, 0.25) is 17.8 Å². The summed E-state index contributed by atoms with van der Waals surface area (Å²) < 4.78 is 29.2. The summed E-state index contributed by atoms with van der Waals surface area (Å²) in [6.45, 7) is -0.223. The maximum Gasteiger partial charge on any atom is 0.266 e. The molecule has 2 amide bonds.